The van der Waals surface area contributed by atoms with Crippen molar-refractivity contribution in [3.8, 4) is 9.75 Å². The Morgan fingerprint density at radius 2 is 0.958 bits per heavy atom. The molecule has 3 aliphatic rings. The second-order valence-corrected chi connectivity index (χ2v) is 16.3. The molecule has 0 N–H and O–H groups in total. The molecule has 0 fully saturated rings. The monoisotopic (exact) mass is 674 g/mol. The zero-order chi connectivity index (χ0) is 32.6. The Labute approximate surface area is 286 Å². The Balaban J connectivity index is 1.01. The first-order chi connectivity index (χ1) is 23.2. The fourth-order valence-electron chi connectivity index (χ4n) is 7.52. The molecule has 0 saturated heterocycles. The Bertz CT molecular complexity index is 2660. The maximum atomic E-state index is 13.4. The third-order valence-corrected chi connectivity index (χ3v) is 13.6. The van der Waals surface area contributed by atoms with E-state index in [-0.39, 0.29) is 39.7 Å². The highest BCUT2D eigenvalue weighted by Gasteiger charge is 2.42. The summed E-state index contributed by atoms with van der Waals surface area (Å²) in [6.07, 6.45) is 3.53. The molecule has 0 amide bonds. The fourth-order valence-corrected chi connectivity index (χ4v) is 11.8. The summed E-state index contributed by atoms with van der Waals surface area (Å²) in [4.78, 5) is 57.8. The average molecular weight is 675 g/mol. The van der Waals surface area contributed by atoms with Crippen LogP contribution in [-0.2, 0) is 5.41 Å². The number of carbonyl (C=O) groups is 4. The number of hydrogen-bond donors (Lipinski definition) is 0. The van der Waals surface area contributed by atoms with E-state index in [1.54, 1.807) is 46.2 Å². The van der Waals surface area contributed by atoms with Gasteiger partial charge in [0.1, 0.15) is 0 Å². The number of ketones is 4. The van der Waals surface area contributed by atoms with Gasteiger partial charge in [0.25, 0.3) is 0 Å². The van der Waals surface area contributed by atoms with Gasteiger partial charge in [0.15, 0.2) is 23.1 Å². The van der Waals surface area contributed by atoms with Crippen LogP contribution >= 0.6 is 34.0 Å². The van der Waals surface area contributed by atoms with Gasteiger partial charge in [-0.25, -0.2) is 0 Å². The van der Waals surface area contributed by atoms with Gasteiger partial charge in [-0.15, -0.1) is 34.0 Å². The van der Waals surface area contributed by atoms with Gasteiger partial charge in [-0.3, -0.25) is 19.2 Å². The van der Waals surface area contributed by atoms with Gasteiger partial charge in [0.05, 0.1) is 20.7 Å². The summed E-state index contributed by atoms with van der Waals surface area (Å²) in [6.45, 7) is 4.42. The maximum absolute atomic E-state index is 13.4. The number of benzene rings is 4. The van der Waals surface area contributed by atoms with Crippen molar-refractivity contribution in [3.63, 3.8) is 0 Å². The Morgan fingerprint density at radius 3 is 1.42 bits per heavy atom. The van der Waals surface area contributed by atoms with Gasteiger partial charge in [0.2, 0.25) is 0 Å². The lowest BCUT2D eigenvalue weighted by molar-refractivity contribution is 0.0975. The normalized spacial score (nSPS) is 16.0. The van der Waals surface area contributed by atoms with Gasteiger partial charge in [0, 0.05) is 47.0 Å². The number of thiophene rings is 3. The van der Waals surface area contributed by atoms with Crippen LogP contribution in [0.4, 0.5) is 0 Å². The Morgan fingerprint density at radius 1 is 0.521 bits per heavy atom. The van der Waals surface area contributed by atoms with E-state index in [4.69, 9.17) is 0 Å². The fraction of sp³-hybridized carbons (Fsp3) is 0.0732. The quantitative estimate of drug-likeness (QED) is 0.135. The van der Waals surface area contributed by atoms with Crippen molar-refractivity contribution in [1.29, 1.82) is 0 Å². The van der Waals surface area contributed by atoms with Crippen LogP contribution in [0.5, 0.6) is 0 Å². The van der Waals surface area contributed by atoms with Crippen molar-refractivity contribution in [2.24, 2.45) is 0 Å². The van der Waals surface area contributed by atoms with E-state index in [2.05, 4.69) is 26.0 Å². The molecular weight excluding hydrogens is 653 g/mol. The summed E-state index contributed by atoms with van der Waals surface area (Å²) in [5.74, 6) is -0.878. The van der Waals surface area contributed by atoms with Gasteiger partial charge < -0.3 is 0 Å². The molecule has 4 nitrogen and oxygen atoms in total. The van der Waals surface area contributed by atoms with Gasteiger partial charge in [-0.05, 0) is 81.2 Å². The highest BCUT2D eigenvalue weighted by Crippen LogP contribution is 2.59. The van der Waals surface area contributed by atoms with Gasteiger partial charge in [-0.1, -0.05) is 62.4 Å². The summed E-state index contributed by atoms with van der Waals surface area (Å²) in [6, 6.07) is 27.1. The maximum Gasteiger partial charge on any atom is 0.197 e. The lowest BCUT2D eigenvalue weighted by Gasteiger charge is -2.19. The van der Waals surface area contributed by atoms with Gasteiger partial charge in [-0.2, -0.15) is 0 Å². The Kier molecular flexibility index (Phi) is 5.54. The van der Waals surface area contributed by atoms with Crippen LogP contribution in [0, 0.1) is 0 Å². The molecule has 0 bridgehead atoms. The van der Waals surface area contributed by atoms with E-state index >= 15 is 0 Å². The minimum Gasteiger partial charge on any atom is -0.288 e. The SMILES string of the molecule is CC1(C)c2cc(C=C3C(=O)c4cc5ccccc5cc4C3=O)sc2-c2sc3cc(C=C4C(=O)c5cc6ccccc6cc5C4=O)sc3c21. The second kappa shape index (κ2) is 9.51. The average Bonchev–Trinajstić information content (AvgIpc) is 3.89. The predicted octanol–water partition coefficient (Wildman–Crippen LogP) is 10.6. The molecule has 48 heavy (non-hydrogen) atoms. The number of carbonyl (C=O) groups excluding carboxylic acids is 4. The van der Waals surface area contributed by atoms with E-state index in [0.29, 0.717) is 22.3 Å². The van der Waals surface area contributed by atoms with Crippen molar-refractivity contribution < 1.29 is 19.2 Å². The smallest absolute Gasteiger partial charge is 0.197 e. The first kappa shape index (κ1) is 28.0. The third-order valence-electron chi connectivity index (χ3n) is 9.94. The first-order valence-corrected chi connectivity index (χ1v) is 18.0. The molecule has 7 heteroatoms. The lowest BCUT2D eigenvalue weighted by Crippen LogP contribution is -2.13. The standard InChI is InChI=1S/C41H22O4S3/c1-41(2)31-17-23(15-29-34(42)25-11-19-7-3-4-8-20(19)12-26(25)35(29)43)46-38(31)40-33(41)39-32(48-40)18-24(47-39)16-30-36(44)27-13-21-9-5-6-10-22(21)14-28(27)37(30)45/h3-18H,1-2H3. The second-order valence-electron chi connectivity index (χ2n) is 13.1. The molecule has 4 aromatic carbocycles. The van der Waals surface area contributed by atoms with Gasteiger partial charge >= 0.3 is 0 Å². The van der Waals surface area contributed by atoms with E-state index in [0.717, 1.165) is 36.0 Å². The zero-order valence-electron chi connectivity index (χ0n) is 25.6. The number of fused-ring (bicyclic) bond motifs is 9. The Hall–Kier alpha value is -5.08. The molecule has 7 aromatic rings. The summed E-state index contributed by atoms with van der Waals surface area (Å²) in [5, 5.41) is 3.78. The summed E-state index contributed by atoms with van der Waals surface area (Å²) >= 11 is 4.95. The highest BCUT2D eigenvalue weighted by molar-refractivity contribution is 7.32. The molecule has 0 aliphatic heterocycles. The molecular formula is C41H22O4S3. The molecule has 0 unspecified atom stereocenters. The largest absolute Gasteiger partial charge is 0.288 e. The van der Waals surface area contributed by atoms with Crippen LogP contribution in [0.3, 0.4) is 0 Å². The molecule has 3 aromatic heterocycles. The summed E-state index contributed by atoms with van der Waals surface area (Å²) in [7, 11) is 0. The molecule has 0 radical (unpaired) electrons. The number of allylic oxidation sites excluding steroid dienone is 2. The van der Waals surface area contributed by atoms with Crippen molar-refractivity contribution in [3.05, 3.63) is 139 Å². The lowest BCUT2D eigenvalue weighted by atomic mass is 9.84. The molecule has 3 aliphatic carbocycles. The van der Waals surface area contributed by atoms with E-state index in [9.17, 15) is 19.2 Å². The van der Waals surface area contributed by atoms with Crippen LogP contribution in [0.15, 0.2) is 96.1 Å². The van der Waals surface area contributed by atoms with Crippen molar-refractivity contribution in [2.45, 2.75) is 19.3 Å². The van der Waals surface area contributed by atoms with Crippen LogP contribution < -0.4 is 0 Å². The van der Waals surface area contributed by atoms with Crippen LogP contribution in [0.2, 0.25) is 0 Å². The minimum atomic E-state index is -0.300. The van der Waals surface area contributed by atoms with Crippen LogP contribution in [0.1, 0.15) is 76.2 Å². The zero-order valence-corrected chi connectivity index (χ0v) is 28.0. The summed E-state index contributed by atoms with van der Waals surface area (Å²) < 4.78 is 2.29. The first-order valence-electron chi connectivity index (χ1n) is 15.6. The molecule has 228 valence electrons. The topological polar surface area (TPSA) is 68.3 Å². The van der Waals surface area contributed by atoms with E-state index < -0.39 is 0 Å². The summed E-state index contributed by atoms with van der Waals surface area (Å²) in [5.41, 5.74) is 4.45. The highest BCUT2D eigenvalue weighted by atomic mass is 32.1. The van der Waals surface area contributed by atoms with Crippen molar-refractivity contribution >= 4 is 100 Å². The van der Waals surface area contributed by atoms with Crippen molar-refractivity contribution in [2.75, 3.05) is 0 Å². The van der Waals surface area contributed by atoms with Crippen LogP contribution in [-0.4, -0.2) is 23.1 Å². The molecule has 0 spiro atoms. The molecule has 0 atom stereocenters. The minimum absolute atomic E-state index is 0.216. The molecule has 3 heterocycles. The molecule has 0 saturated carbocycles. The van der Waals surface area contributed by atoms with Crippen LogP contribution in [0.25, 0.3) is 52.9 Å². The van der Waals surface area contributed by atoms with Crippen molar-refractivity contribution in [1.82, 2.24) is 0 Å². The molecule has 10 rings (SSSR count). The third kappa shape index (κ3) is 3.69. The van der Waals surface area contributed by atoms with E-state index in [1.165, 1.54) is 25.6 Å². The number of Topliss-reactive ketones (excluding diaryl/α,β-unsaturated/α-hetero) is 4. The number of hydrogen-bond acceptors (Lipinski definition) is 7. The predicted molar refractivity (Wildman–Crippen MR) is 196 cm³/mol. The number of rotatable bonds is 2. The van der Waals surface area contributed by atoms with E-state index in [1.807, 2.05) is 72.8 Å².